The zero-order valence-electron chi connectivity index (χ0n) is 18.0. The summed E-state index contributed by atoms with van der Waals surface area (Å²) in [7, 11) is 0. The van der Waals surface area contributed by atoms with Gasteiger partial charge in [0.25, 0.3) is 0 Å². The third-order valence-electron chi connectivity index (χ3n) is 5.86. The van der Waals surface area contributed by atoms with Gasteiger partial charge in [-0.05, 0) is 51.8 Å². The molecule has 1 aromatic carbocycles. The summed E-state index contributed by atoms with van der Waals surface area (Å²) in [6.07, 6.45) is 0. The van der Waals surface area contributed by atoms with Crippen LogP contribution in [0.15, 0.2) is 24.3 Å². The first-order valence-electron chi connectivity index (χ1n) is 10.3. The van der Waals surface area contributed by atoms with Crippen LogP contribution in [-0.2, 0) is 4.74 Å². The average molecular weight is 398 g/mol. The van der Waals surface area contributed by atoms with Crippen molar-refractivity contribution in [3.8, 4) is 0 Å². The Balaban J connectivity index is 1.70. The molecule has 6 nitrogen and oxygen atoms in total. The molecule has 2 aromatic rings. The number of hydrogen-bond acceptors (Lipinski definition) is 5. The number of benzene rings is 1. The van der Waals surface area contributed by atoms with E-state index in [0.717, 1.165) is 26.2 Å². The van der Waals surface area contributed by atoms with Gasteiger partial charge < -0.3 is 14.6 Å². The number of hydrogen-bond donors (Lipinski definition) is 1. The summed E-state index contributed by atoms with van der Waals surface area (Å²) in [5.74, 6) is -0.359. The monoisotopic (exact) mass is 397 g/mol. The quantitative estimate of drug-likeness (QED) is 0.597. The van der Waals surface area contributed by atoms with Crippen LogP contribution in [0.5, 0.6) is 0 Å². The molecule has 0 saturated carbocycles. The second kappa shape index (κ2) is 8.82. The highest BCUT2D eigenvalue weighted by atomic mass is 16.5. The largest absolute Gasteiger partial charge is 0.462 e. The van der Waals surface area contributed by atoms with Crippen LogP contribution in [0.3, 0.4) is 0 Å². The number of nitrogens with one attached hydrogen (secondary N) is 1. The van der Waals surface area contributed by atoms with Gasteiger partial charge in [-0.25, -0.2) is 4.79 Å². The van der Waals surface area contributed by atoms with E-state index in [1.54, 1.807) is 6.92 Å². The fourth-order valence-corrected chi connectivity index (χ4v) is 4.15. The first-order valence-corrected chi connectivity index (χ1v) is 10.3. The molecule has 29 heavy (non-hydrogen) atoms. The van der Waals surface area contributed by atoms with Gasteiger partial charge in [0.2, 0.25) is 0 Å². The van der Waals surface area contributed by atoms with Crippen LogP contribution in [0.25, 0.3) is 0 Å². The van der Waals surface area contributed by atoms with Gasteiger partial charge in [0.1, 0.15) is 0 Å². The van der Waals surface area contributed by atoms with E-state index < -0.39 is 0 Å². The smallest absolute Gasteiger partial charge is 0.340 e. The molecule has 3 rings (SSSR count). The Kier molecular flexibility index (Phi) is 6.42. The van der Waals surface area contributed by atoms with Crippen molar-refractivity contribution in [2.75, 3.05) is 37.7 Å². The summed E-state index contributed by atoms with van der Waals surface area (Å²) in [6, 6.07) is 8.16. The lowest BCUT2D eigenvalue weighted by Crippen LogP contribution is -2.52. The number of Topliss-reactive ketones (excluding diaryl/α,β-unsaturated/α-hetero) is 1. The predicted molar refractivity (Wildman–Crippen MR) is 115 cm³/mol. The maximum atomic E-state index is 13.2. The minimum absolute atomic E-state index is 0.0190. The molecule has 1 aliphatic heterocycles. The summed E-state index contributed by atoms with van der Waals surface area (Å²) in [5.41, 5.74) is 4.89. The zero-order chi connectivity index (χ0) is 21.1. The second-order valence-electron chi connectivity index (χ2n) is 7.70. The van der Waals surface area contributed by atoms with Gasteiger partial charge in [-0.3, -0.25) is 9.69 Å². The molecule has 1 aliphatic rings. The van der Waals surface area contributed by atoms with E-state index >= 15 is 0 Å². The van der Waals surface area contributed by atoms with E-state index in [1.807, 2.05) is 20.8 Å². The van der Waals surface area contributed by atoms with Gasteiger partial charge in [0.05, 0.1) is 23.9 Å². The zero-order valence-corrected chi connectivity index (χ0v) is 18.0. The van der Waals surface area contributed by atoms with Crippen molar-refractivity contribution in [2.45, 2.75) is 40.7 Å². The minimum Gasteiger partial charge on any atom is -0.462 e. The highest BCUT2D eigenvalue weighted by Gasteiger charge is 2.30. The summed E-state index contributed by atoms with van der Waals surface area (Å²) in [4.78, 5) is 33.1. The topological polar surface area (TPSA) is 65.6 Å². The number of piperazine rings is 1. The molecular weight excluding hydrogens is 366 g/mol. The van der Waals surface area contributed by atoms with Crippen LogP contribution in [0.2, 0.25) is 0 Å². The SMILES string of the molecule is CCOC(=O)c1c(C)[nH]c(C(=O)[C@@H](C)N2CCN(c3ccccc3C)CC2)c1C. The lowest BCUT2D eigenvalue weighted by Gasteiger charge is -2.39. The van der Waals surface area contributed by atoms with E-state index in [4.69, 9.17) is 4.74 Å². The molecule has 0 unspecified atom stereocenters. The molecule has 1 atom stereocenters. The Hall–Kier alpha value is -2.60. The van der Waals surface area contributed by atoms with Crippen molar-refractivity contribution in [3.05, 3.63) is 52.3 Å². The Labute approximate surface area is 172 Å². The Bertz CT molecular complexity index is 895. The molecular formula is C23H31N3O3. The van der Waals surface area contributed by atoms with Gasteiger partial charge >= 0.3 is 5.97 Å². The molecule has 2 heterocycles. The molecule has 1 N–H and O–H groups in total. The number of aromatic nitrogens is 1. The number of rotatable bonds is 6. The molecule has 0 aliphatic carbocycles. The number of esters is 1. The number of ketones is 1. The molecule has 0 amide bonds. The second-order valence-corrected chi connectivity index (χ2v) is 7.70. The van der Waals surface area contributed by atoms with Crippen molar-refractivity contribution >= 4 is 17.4 Å². The lowest BCUT2D eigenvalue weighted by atomic mass is 10.0. The first kappa shape index (κ1) is 21.1. The third kappa shape index (κ3) is 4.22. The Morgan fingerprint density at radius 3 is 2.38 bits per heavy atom. The molecule has 6 heteroatoms. The van der Waals surface area contributed by atoms with Gasteiger partial charge in [0, 0.05) is 37.6 Å². The molecule has 1 aromatic heterocycles. The van der Waals surface area contributed by atoms with Crippen molar-refractivity contribution in [3.63, 3.8) is 0 Å². The van der Waals surface area contributed by atoms with E-state index in [0.29, 0.717) is 29.1 Å². The normalized spacial score (nSPS) is 16.0. The maximum absolute atomic E-state index is 13.2. The van der Waals surface area contributed by atoms with Crippen LogP contribution in [0.1, 0.15) is 51.5 Å². The number of ether oxygens (including phenoxy) is 1. The number of aromatic amines is 1. The van der Waals surface area contributed by atoms with Gasteiger partial charge in [-0.1, -0.05) is 18.2 Å². The van der Waals surface area contributed by atoms with Crippen LogP contribution < -0.4 is 4.90 Å². The van der Waals surface area contributed by atoms with Gasteiger partial charge in [-0.15, -0.1) is 0 Å². The van der Waals surface area contributed by atoms with Gasteiger partial charge in [-0.2, -0.15) is 0 Å². The molecule has 1 saturated heterocycles. The Morgan fingerprint density at radius 2 is 1.76 bits per heavy atom. The van der Waals surface area contributed by atoms with Crippen molar-refractivity contribution in [2.24, 2.45) is 0 Å². The number of aryl methyl sites for hydroxylation is 2. The molecule has 0 spiro atoms. The lowest BCUT2D eigenvalue weighted by molar-refractivity contribution is 0.0525. The van der Waals surface area contributed by atoms with Crippen LogP contribution in [-0.4, -0.2) is 60.5 Å². The van der Waals surface area contributed by atoms with Gasteiger partial charge in [0.15, 0.2) is 5.78 Å². The number of carbonyl (C=O) groups excluding carboxylic acids is 2. The van der Waals surface area contributed by atoms with Crippen molar-refractivity contribution < 1.29 is 14.3 Å². The average Bonchev–Trinajstić information content (AvgIpc) is 3.01. The summed E-state index contributed by atoms with van der Waals surface area (Å²) in [5, 5.41) is 0. The molecule has 1 fully saturated rings. The number of para-hydroxylation sites is 1. The standard InChI is InChI=1S/C23H31N3O3/c1-6-29-23(28)20-16(3)21(24-17(20)4)22(27)18(5)25-11-13-26(14-12-25)19-10-8-7-9-15(19)2/h7-10,18,24H,6,11-14H2,1-5H3/t18-/m1/s1. The van der Waals surface area contributed by atoms with Crippen molar-refractivity contribution in [1.29, 1.82) is 0 Å². The number of carbonyl (C=O) groups is 2. The fraction of sp³-hybridized carbons (Fsp3) is 0.478. The fourth-order valence-electron chi connectivity index (χ4n) is 4.15. The van der Waals surface area contributed by atoms with Crippen molar-refractivity contribution in [1.82, 2.24) is 9.88 Å². The van der Waals surface area contributed by atoms with Crippen LogP contribution >= 0.6 is 0 Å². The number of anilines is 1. The summed E-state index contributed by atoms with van der Waals surface area (Å²) >= 11 is 0. The third-order valence-corrected chi connectivity index (χ3v) is 5.86. The summed E-state index contributed by atoms with van der Waals surface area (Å²) in [6.45, 7) is 13.2. The summed E-state index contributed by atoms with van der Waals surface area (Å²) < 4.78 is 5.14. The number of nitrogens with zero attached hydrogens (tertiary/aromatic N) is 2. The van der Waals surface area contributed by atoms with E-state index in [9.17, 15) is 9.59 Å². The molecule has 156 valence electrons. The highest BCUT2D eigenvalue weighted by Crippen LogP contribution is 2.24. The van der Waals surface area contributed by atoms with E-state index in [-0.39, 0.29) is 17.8 Å². The first-order chi connectivity index (χ1) is 13.8. The highest BCUT2D eigenvalue weighted by molar-refractivity contribution is 6.03. The van der Waals surface area contributed by atoms with E-state index in [2.05, 4.69) is 46.0 Å². The minimum atomic E-state index is -0.378. The van der Waals surface area contributed by atoms with Crippen LogP contribution in [0.4, 0.5) is 5.69 Å². The Morgan fingerprint density at radius 1 is 1.10 bits per heavy atom. The maximum Gasteiger partial charge on any atom is 0.340 e. The van der Waals surface area contributed by atoms with Crippen LogP contribution in [0, 0.1) is 20.8 Å². The predicted octanol–water partition coefficient (Wildman–Crippen LogP) is 3.51. The number of H-pyrrole nitrogens is 1. The van der Waals surface area contributed by atoms with E-state index in [1.165, 1.54) is 11.3 Å². The molecule has 0 radical (unpaired) electrons. The molecule has 0 bridgehead atoms.